The second-order valence-electron chi connectivity index (χ2n) is 6.73. The average molecular weight is 386 g/mol. The van der Waals surface area contributed by atoms with Gasteiger partial charge in [0.15, 0.2) is 0 Å². The molecule has 4 rings (SSSR count). The van der Waals surface area contributed by atoms with E-state index in [1.807, 2.05) is 98.8 Å². The Balaban J connectivity index is 0.000000176. The number of nitrogens with two attached hydrogens (primary N) is 2. The van der Waals surface area contributed by atoms with Crippen molar-refractivity contribution < 1.29 is 4.94 Å². The van der Waals surface area contributed by atoms with E-state index in [-0.39, 0.29) is 0 Å². The van der Waals surface area contributed by atoms with E-state index >= 15 is 0 Å². The van der Waals surface area contributed by atoms with Crippen molar-refractivity contribution >= 4 is 33.5 Å². The molecule has 4 aromatic carbocycles. The lowest BCUT2D eigenvalue weighted by atomic mass is 10.1. The predicted molar refractivity (Wildman–Crippen MR) is 123 cm³/mol. The first kappa shape index (κ1) is 20.0. The highest BCUT2D eigenvalue weighted by molar-refractivity contribution is 5.99. The van der Waals surface area contributed by atoms with Crippen LogP contribution >= 0.6 is 0 Å². The van der Waals surface area contributed by atoms with Gasteiger partial charge >= 0.3 is 0 Å². The summed E-state index contributed by atoms with van der Waals surface area (Å²) in [6, 6.07) is 27.4. The molecule has 0 atom stereocenters. The first-order chi connectivity index (χ1) is 14.1. The highest BCUT2D eigenvalue weighted by Gasteiger charge is 1.99. The minimum absolute atomic E-state index is 0.778. The smallest absolute Gasteiger partial charge is 0.0658 e. The van der Waals surface area contributed by atoms with Crippen molar-refractivity contribution in [2.45, 2.75) is 13.8 Å². The van der Waals surface area contributed by atoms with Gasteiger partial charge < -0.3 is 11.5 Å². The van der Waals surface area contributed by atoms with Gasteiger partial charge in [0.05, 0.1) is 11.4 Å². The fourth-order valence-corrected chi connectivity index (χ4v) is 2.87. The van der Waals surface area contributed by atoms with E-state index in [1.165, 1.54) is 0 Å². The minimum atomic E-state index is 0.778. The van der Waals surface area contributed by atoms with E-state index in [0.717, 1.165) is 44.6 Å². The third-order valence-corrected chi connectivity index (χ3v) is 4.60. The van der Waals surface area contributed by atoms with Crippen LogP contribution in [0.5, 0.6) is 0 Å². The molecule has 0 radical (unpaired) electrons. The van der Waals surface area contributed by atoms with E-state index in [1.54, 1.807) is 0 Å². The quantitative estimate of drug-likeness (QED) is 0.268. The van der Waals surface area contributed by atoms with Gasteiger partial charge in [0.1, 0.15) is 0 Å². The molecule has 29 heavy (non-hydrogen) atoms. The van der Waals surface area contributed by atoms with Gasteiger partial charge in [0, 0.05) is 22.1 Å². The number of aryl methyl sites for hydroxylation is 2. The molecule has 0 bridgehead atoms. The maximum Gasteiger partial charge on any atom is 0.0658 e. The van der Waals surface area contributed by atoms with Crippen LogP contribution in [0.15, 0.2) is 84.9 Å². The normalized spacial score (nSPS) is 10.1. The molecule has 0 fully saturated rings. The van der Waals surface area contributed by atoms with Crippen LogP contribution in [0.4, 0.5) is 22.7 Å². The SMILES string of the molecule is Cc1ccccc1NONc1ccccc1C.Nc1cccc2c(N)cccc12. The van der Waals surface area contributed by atoms with Crippen molar-refractivity contribution in [1.82, 2.24) is 0 Å². The highest BCUT2D eigenvalue weighted by atomic mass is 16.8. The lowest BCUT2D eigenvalue weighted by Crippen LogP contribution is -2.09. The molecule has 0 unspecified atom stereocenters. The van der Waals surface area contributed by atoms with E-state index in [2.05, 4.69) is 11.0 Å². The molecule has 0 heterocycles. The molecule has 5 nitrogen and oxygen atoms in total. The standard InChI is InChI=1S/C14H16N2O.C10H10N2/c1-11-7-3-5-9-13(11)15-17-16-14-10-6-4-8-12(14)2;11-9-5-1-3-7-8(9)4-2-6-10(7)12/h3-10,15-16H,1-2H3;1-6H,11-12H2. The van der Waals surface area contributed by atoms with Crippen LogP contribution in [-0.2, 0) is 4.94 Å². The Morgan fingerprint density at radius 3 is 1.38 bits per heavy atom. The van der Waals surface area contributed by atoms with Gasteiger partial charge in [-0.25, -0.2) is 11.0 Å². The number of benzene rings is 4. The molecule has 6 N–H and O–H groups in total. The maximum absolute atomic E-state index is 5.77. The minimum Gasteiger partial charge on any atom is -0.398 e. The third-order valence-electron chi connectivity index (χ3n) is 4.60. The molecule has 0 amide bonds. The average Bonchev–Trinajstić information content (AvgIpc) is 2.72. The number of para-hydroxylation sites is 2. The molecule has 0 saturated heterocycles. The van der Waals surface area contributed by atoms with Crippen LogP contribution in [0.2, 0.25) is 0 Å². The summed E-state index contributed by atoms with van der Waals surface area (Å²) < 4.78 is 0. The number of nitrogens with one attached hydrogen (secondary N) is 2. The second-order valence-corrected chi connectivity index (χ2v) is 6.73. The highest BCUT2D eigenvalue weighted by Crippen LogP contribution is 2.25. The van der Waals surface area contributed by atoms with E-state index in [0.29, 0.717) is 0 Å². The molecule has 4 aromatic rings. The summed E-state index contributed by atoms with van der Waals surface area (Å²) in [5, 5.41) is 2.05. The lowest BCUT2D eigenvalue weighted by molar-refractivity contribution is 0.264. The molecule has 0 spiro atoms. The first-order valence-corrected chi connectivity index (χ1v) is 9.38. The van der Waals surface area contributed by atoms with E-state index in [9.17, 15) is 0 Å². The molecular formula is C24H26N4O. The van der Waals surface area contributed by atoms with E-state index in [4.69, 9.17) is 16.4 Å². The number of nitrogen functional groups attached to an aromatic ring is 2. The molecule has 0 aliphatic carbocycles. The van der Waals surface area contributed by atoms with Gasteiger partial charge in [0.2, 0.25) is 0 Å². The summed E-state index contributed by atoms with van der Waals surface area (Å²) >= 11 is 0. The summed E-state index contributed by atoms with van der Waals surface area (Å²) in [7, 11) is 0. The van der Waals surface area contributed by atoms with Crippen molar-refractivity contribution in [3.63, 3.8) is 0 Å². The molecule has 0 saturated carbocycles. The fraction of sp³-hybridized carbons (Fsp3) is 0.0833. The summed E-state index contributed by atoms with van der Waals surface area (Å²) in [5.41, 5.74) is 23.0. The Kier molecular flexibility index (Phi) is 6.55. The number of fused-ring (bicyclic) bond motifs is 1. The Hall–Kier alpha value is -3.70. The Morgan fingerprint density at radius 1 is 0.552 bits per heavy atom. The summed E-state index contributed by atoms with van der Waals surface area (Å²) in [4.78, 5) is 5.27. The van der Waals surface area contributed by atoms with Gasteiger partial charge in [-0.1, -0.05) is 60.7 Å². The van der Waals surface area contributed by atoms with Crippen LogP contribution in [0.25, 0.3) is 10.8 Å². The monoisotopic (exact) mass is 386 g/mol. The molecular weight excluding hydrogens is 360 g/mol. The summed E-state index contributed by atoms with van der Waals surface area (Å²) in [6.07, 6.45) is 0. The van der Waals surface area contributed by atoms with Crippen LogP contribution in [0.3, 0.4) is 0 Å². The molecule has 0 aliphatic rings. The summed E-state index contributed by atoms with van der Waals surface area (Å²) in [5.74, 6) is 0. The second kappa shape index (κ2) is 9.48. The molecule has 0 aromatic heterocycles. The topological polar surface area (TPSA) is 85.3 Å². The van der Waals surface area contributed by atoms with Crippen LogP contribution < -0.4 is 22.4 Å². The Labute approximate surface area is 171 Å². The number of rotatable bonds is 4. The van der Waals surface area contributed by atoms with Crippen molar-refractivity contribution in [3.05, 3.63) is 96.1 Å². The molecule has 148 valence electrons. The number of anilines is 4. The first-order valence-electron chi connectivity index (χ1n) is 9.38. The number of hydrogen-bond acceptors (Lipinski definition) is 5. The summed E-state index contributed by atoms with van der Waals surface area (Å²) in [6.45, 7) is 4.05. The zero-order valence-corrected chi connectivity index (χ0v) is 16.6. The zero-order chi connectivity index (χ0) is 20.6. The maximum atomic E-state index is 5.77. The van der Waals surface area contributed by atoms with Crippen molar-refractivity contribution in [2.24, 2.45) is 0 Å². The Bertz CT molecular complexity index is 1010. The van der Waals surface area contributed by atoms with Gasteiger partial charge in [-0.05, 0) is 49.2 Å². The molecule has 0 aliphatic heterocycles. The zero-order valence-electron chi connectivity index (χ0n) is 16.6. The molecule has 5 heteroatoms. The van der Waals surface area contributed by atoms with Crippen LogP contribution in [0.1, 0.15) is 11.1 Å². The third kappa shape index (κ3) is 5.18. The predicted octanol–water partition coefficient (Wildman–Crippen LogP) is 5.68. The number of hydrogen-bond donors (Lipinski definition) is 4. The largest absolute Gasteiger partial charge is 0.398 e. The fourth-order valence-electron chi connectivity index (χ4n) is 2.87. The van der Waals surface area contributed by atoms with Crippen LogP contribution in [-0.4, -0.2) is 0 Å². The lowest BCUT2D eigenvalue weighted by Gasteiger charge is -2.11. The van der Waals surface area contributed by atoms with Gasteiger partial charge in [-0.2, -0.15) is 4.94 Å². The van der Waals surface area contributed by atoms with E-state index < -0.39 is 0 Å². The van der Waals surface area contributed by atoms with Crippen LogP contribution in [0, 0.1) is 13.8 Å². The van der Waals surface area contributed by atoms with Gasteiger partial charge in [-0.15, -0.1) is 0 Å². The van der Waals surface area contributed by atoms with Crippen molar-refractivity contribution in [2.75, 3.05) is 22.4 Å². The van der Waals surface area contributed by atoms with Crippen molar-refractivity contribution in [3.8, 4) is 0 Å². The Morgan fingerprint density at radius 2 is 0.966 bits per heavy atom. The van der Waals surface area contributed by atoms with Gasteiger partial charge in [-0.3, -0.25) is 0 Å². The van der Waals surface area contributed by atoms with Crippen molar-refractivity contribution in [1.29, 1.82) is 0 Å². The van der Waals surface area contributed by atoms with Gasteiger partial charge in [0.25, 0.3) is 0 Å².